The molecule has 1 aliphatic carbocycles. The molecule has 2 atom stereocenters. The number of rotatable bonds is 7. The normalized spacial score (nSPS) is 29.8. The monoisotopic (exact) mass is 241 g/mol. The second-order valence-corrected chi connectivity index (χ2v) is 6.06. The highest BCUT2D eigenvalue weighted by atomic mass is 16.6. The molecule has 1 heterocycles. The number of hydrogen-bond donors (Lipinski definition) is 1. The molecular formula is C14H27NO2. The highest BCUT2D eigenvalue weighted by molar-refractivity contribution is 4.84. The summed E-state index contributed by atoms with van der Waals surface area (Å²) in [7, 11) is 0. The Hall–Kier alpha value is -0.120. The zero-order valence-electron chi connectivity index (χ0n) is 11.5. The summed E-state index contributed by atoms with van der Waals surface area (Å²) in [5, 5.41) is 3.54. The van der Waals surface area contributed by atoms with Gasteiger partial charge in [-0.15, -0.1) is 0 Å². The van der Waals surface area contributed by atoms with Crippen molar-refractivity contribution in [1.82, 2.24) is 5.32 Å². The van der Waals surface area contributed by atoms with Gasteiger partial charge in [0.25, 0.3) is 0 Å². The molecule has 2 fully saturated rings. The molecule has 1 saturated carbocycles. The van der Waals surface area contributed by atoms with Crippen LogP contribution < -0.4 is 5.32 Å². The van der Waals surface area contributed by atoms with Crippen molar-refractivity contribution in [1.29, 1.82) is 0 Å². The van der Waals surface area contributed by atoms with Crippen molar-refractivity contribution in [2.45, 2.75) is 76.7 Å². The second kappa shape index (κ2) is 5.68. The Labute approximate surface area is 105 Å². The Bertz CT molecular complexity index is 238. The summed E-state index contributed by atoms with van der Waals surface area (Å²) in [4.78, 5) is 0. The quantitative estimate of drug-likeness (QED) is 0.743. The van der Waals surface area contributed by atoms with Gasteiger partial charge in [-0.05, 0) is 46.0 Å². The molecule has 0 spiro atoms. The van der Waals surface area contributed by atoms with E-state index in [4.69, 9.17) is 9.47 Å². The van der Waals surface area contributed by atoms with Gasteiger partial charge in [-0.3, -0.25) is 0 Å². The van der Waals surface area contributed by atoms with Gasteiger partial charge in [0.05, 0.1) is 24.4 Å². The van der Waals surface area contributed by atoms with E-state index >= 15 is 0 Å². The molecule has 1 saturated heterocycles. The first-order valence-corrected chi connectivity index (χ1v) is 7.12. The van der Waals surface area contributed by atoms with Gasteiger partial charge in [0.2, 0.25) is 0 Å². The summed E-state index contributed by atoms with van der Waals surface area (Å²) in [5.74, 6) is 0. The Morgan fingerprint density at radius 3 is 2.53 bits per heavy atom. The lowest BCUT2D eigenvalue weighted by Crippen LogP contribution is -2.31. The molecular weight excluding hydrogens is 214 g/mol. The number of hydrogen-bond acceptors (Lipinski definition) is 3. The van der Waals surface area contributed by atoms with Crippen molar-refractivity contribution in [3.05, 3.63) is 0 Å². The average Bonchev–Trinajstić information content (AvgIpc) is 3.03. The molecule has 0 amide bonds. The predicted octanol–water partition coefficient (Wildman–Crippen LogP) is 2.49. The van der Waals surface area contributed by atoms with Crippen LogP contribution in [-0.2, 0) is 9.47 Å². The SMILES string of the molecule is CCC(C)(C)OCC1CCC(CNC2CC2)O1. The fraction of sp³-hybridized carbons (Fsp3) is 1.00. The third kappa shape index (κ3) is 4.57. The van der Waals surface area contributed by atoms with Gasteiger partial charge in [0.1, 0.15) is 0 Å². The summed E-state index contributed by atoms with van der Waals surface area (Å²) in [5.41, 5.74) is -0.00624. The zero-order valence-corrected chi connectivity index (χ0v) is 11.5. The second-order valence-electron chi connectivity index (χ2n) is 6.06. The van der Waals surface area contributed by atoms with Crippen LogP contribution in [0.1, 0.15) is 52.9 Å². The van der Waals surface area contributed by atoms with Crippen LogP contribution in [0.2, 0.25) is 0 Å². The molecule has 100 valence electrons. The smallest absolute Gasteiger partial charge is 0.0814 e. The van der Waals surface area contributed by atoms with Crippen LogP contribution in [0.3, 0.4) is 0 Å². The maximum Gasteiger partial charge on any atom is 0.0814 e. The standard InChI is InChI=1S/C14H27NO2/c1-4-14(2,3)16-10-13-8-7-12(17-13)9-15-11-5-6-11/h11-13,15H,4-10H2,1-3H3. The van der Waals surface area contributed by atoms with Crippen molar-refractivity contribution in [3.63, 3.8) is 0 Å². The van der Waals surface area contributed by atoms with Crippen molar-refractivity contribution in [2.75, 3.05) is 13.2 Å². The molecule has 17 heavy (non-hydrogen) atoms. The molecule has 0 aromatic heterocycles. The number of ether oxygens (including phenoxy) is 2. The minimum absolute atomic E-state index is 0.00624. The number of nitrogens with one attached hydrogen (secondary N) is 1. The third-order valence-electron chi connectivity index (χ3n) is 3.92. The summed E-state index contributed by atoms with van der Waals surface area (Å²) in [6, 6.07) is 0.785. The van der Waals surface area contributed by atoms with Crippen LogP contribution >= 0.6 is 0 Å². The molecule has 2 rings (SSSR count). The first-order chi connectivity index (χ1) is 8.09. The third-order valence-corrected chi connectivity index (χ3v) is 3.92. The van der Waals surface area contributed by atoms with Crippen LogP contribution in [0.15, 0.2) is 0 Å². The molecule has 3 heteroatoms. The minimum Gasteiger partial charge on any atom is -0.373 e. The fourth-order valence-electron chi connectivity index (χ4n) is 2.06. The van der Waals surface area contributed by atoms with Gasteiger partial charge in [-0.25, -0.2) is 0 Å². The van der Waals surface area contributed by atoms with Crippen molar-refractivity contribution in [3.8, 4) is 0 Å². The van der Waals surface area contributed by atoms with Gasteiger partial charge < -0.3 is 14.8 Å². The molecule has 0 aromatic carbocycles. The van der Waals surface area contributed by atoms with Crippen LogP contribution in [0, 0.1) is 0 Å². The minimum atomic E-state index is -0.00624. The Kier molecular flexibility index (Phi) is 4.45. The largest absolute Gasteiger partial charge is 0.373 e. The Morgan fingerprint density at radius 1 is 1.18 bits per heavy atom. The van der Waals surface area contributed by atoms with Crippen molar-refractivity contribution < 1.29 is 9.47 Å². The maximum atomic E-state index is 5.99. The molecule has 1 aliphatic heterocycles. The lowest BCUT2D eigenvalue weighted by atomic mass is 10.1. The predicted molar refractivity (Wildman–Crippen MR) is 69.2 cm³/mol. The zero-order chi connectivity index (χ0) is 12.3. The van der Waals surface area contributed by atoms with Crippen molar-refractivity contribution >= 4 is 0 Å². The molecule has 3 nitrogen and oxygen atoms in total. The van der Waals surface area contributed by atoms with E-state index < -0.39 is 0 Å². The summed E-state index contributed by atoms with van der Waals surface area (Å²) in [6.45, 7) is 8.24. The Balaban J connectivity index is 1.60. The van der Waals surface area contributed by atoms with E-state index in [1.165, 1.54) is 19.3 Å². The van der Waals surface area contributed by atoms with Crippen LogP contribution in [0.5, 0.6) is 0 Å². The Morgan fingerprint density at radius 2 is 1.88 bits per heavy atom. The molecule has 0 radical (unpaired) electrons. The van der Waals surface area contributed by atoms with Gasteiger partial charge in [0.15, 0.2) is 0 Å². The summed E-state index contributed by atoms with van der Waals surface area (Å²) < 4.78 is 11.9. The van der Waals surface area contributed by atoms with Crippen LogP contribution in [-0.4, -0.2) is 37.0 Å². The highest BCUT2D eigenvalue weighted by Crippen LogP contribution is 2.24. The van der Waals surface area contributed by atoms with E-state index in [0.717, 1.165) is 32.0 Å². The molecule has 0 bridgehead atoms. The summed E-state index contributed by atoms with van der Waals surface area (Å²) in [6.07, 6.45) is 6.80. The average molecular weight is 241 g/mol. The van der Waals surface area contributed by atoms with Gasteiger partial charge in [0, 0.05) is 12.6 Å². The van der Waals surface area contributed by atoms with Crippen LogP contribution in [0.25, 0.3) is 0 Å². The van der Waals surface area contributed by atoms with Gasteiger partial charge in [-0.1, -0.05) is 6.92 Å². The maximum absolute atomic E-state index is 5.99. The first-order valence-electron chi connectivity index (χ1n) is 7.12. The topological polar surface area (TPSA) is 30.5 Å². The molecule has 2 unspecified atom stereocenters. The molecule has 1 N–H and O–H groups in total. The lowest BCUT2D eigenvalue weighted by Gasteiger charge is -2.25. The highest BCUT2D eigenvalue weighted by Gasteiger charge is 2.29. The van der Waals surface area contributed by atoms with E-state index in [1.807, 2.05) is 0 Å². The van der Waals surface area contributed by atoms with Crippen LogP contribution in [0.4, 0.5) is 0 Å². The first kappa shape index (κ1) is 13.3. The van der Waals surface area contributed by atoms with E-state index in [9.17, 15) is 0 Å². The van der Waals surface area contributed by atoms with E-state index in [0.29, 0.717) is 12.2 Å². The fourth-order valence-corrected chi connectivity index (χ4v) is 2.06. The molecule has 0 aromatic rings. The van der Waals surface area contributed by atoms with Gasteiger partial charge >= 0.3 is 0 Å². The van der Waals surface area contributed by atoms with E-state index in [2.05, 4.69) is 26.1 Å². The molecule has 2 aliphatic rings. The van der Waals surface area contributed by atoms with Gasteiger partial charge in [-0.2, -0.15) is 0 Å². The summed E-state index contributed by atoms with van der Waals surface area (Å²) >= 11 is 0. The van der Waals surface area contributed by atoms with Crippen molar-refractivity contribution in [2.24, 2.45) is 0 Å². The van der Waals surface area contributed by atoms with E-state index in [-0.39, 0.29) is 5.60 Å². The lowest BCUT2D eigenvalue weighted by molar-refractivity contribution is -0.0780. The van der Waals surface area contributed by atoms with E-state index in [1.54, 1.807) is 0 Å².